The first kappa shape index (κ1) is 16.9. The molecular weight excluding hydrogens is 360 g/mol. The van der Waals surface area contributed by atoms with Gasteiger partial charge in [-0.05, 0) is 42.8 Å². The average Bonchev–Trinajstić information content (AvgIpc) is 2.48. The highest BCUT2D eigenvalue weighted by Gasteiger charge is 2.20. The Balaban J connectivity index is 2.27. The maximum atomic E-state index is 12.4. The first-order valence-corrected chi connectivity index (χ1v) is 7.65. The second-order valence-electron chi connectivity index (χ2n) is 5.02. The Morgan fingerprint density at radius 3 is 2.39 bits per heavy atom. The molecule has 5 nitrogen and oxygen atoms in total. The first-order chi connectivity index (χ1) is 10.9. The first-order valence-electron chi connectivity index (χ1n) is 6.86. The number of hydrogen-bond acceptors (Lipinski definition) is 3. The Bertz CT molecular complexity index is 787. The van der Waals surface area contributed by atoms with E-state index in [2.05, 4.69) is 26.6 Å². The van der Waals surface area contributed by atoms with E-state index in [1.807, 2.05) is 13.0 Å². The van der Waals surface area contributed by atoms with Crippen molar-refractivity contribution in [2.75, 3.05) is 10.6 Å². The number of Topliss-reactive ketones (excluding diaryl/α,β-unsaturated/α-hetero) is 1. The lowest BCUT2D eigenvalue weighted by atomic mass is 10.1. The summed E-state index contributed by atoms with van der Waals surface area (Å²) in [6, 6.07) is 11.9. The standard InChI is InChI=1S/C17H15BrN2O3/c1-10-4-3-5-13(8-10)20-17(23)16(22)14-9-12(18)6-7-15(14)19-11(2)21/h3-9H,1-2H3,(H,19,21)(H,20,23). The number of aryl methyl sites for hydroxylation is 1. The van der Waals surface area contributed by atoms with Gasteiger partial charge in [0.1, 0.15) is 0 Å². The molecule has 0 aliphatic rings. The van der Waals surface area contributed by atoms with E-state index in [4.69, 9.17) is 0 Å². The third-order valence-electron chi connectivity index (χ3n) is 3.02. The van der Waals surface area contributed by atoms with Gasteiger partial charge in [0, 0.05) is 17.1 Å². The van der Waals surface area contributed by atoms with Crippen molar-refractivity contribution in [1.29, 1.82) is 0 Å². The molecule has 0 atom stereocenters. The summed E-state index contributed by atoms with van der Waals surface area (Å²) in [7, 11) is 0. The second-order valence-corrected chi connectivity index (χ2v) is 5.94. The quantitative estimate of drug-likeness (QED) is 0.634. The molecular formula is C17H15BrN2O3. The Morgan fingerprint density at radius 2 is 1.74 bits per heavy atom. The van der Waals surface area contributed by atoms with Crippen LogP contribution in [0.5, 0.6) is 0 Å². The molecule has 0 bridgehead atoms. The summed E-state index contributed by atoms with van der Waals surface area (Å²) in [6.07, 6.45) is 0. The predicted molar refractivity (Wildman–Crippen MR) is 92.6 cm³/mol. The molecule has 0 aromatic heterocycles. The molecule has 2 aromatic carbocycles. The Hall–Kier alpha value is -2.47. The van der Waals surface area contributed by atoms with Gasteiger partial charge in [0.25, 0.3) is 11.7 Å². The molecule has 0 saturated carbocycles. The molecule has 0 aliphatic carbocycles. The molecule has 0 spiro atoms. The number of anilines is 2. The fraction of sp³-hybridized carbons (Fsp3) is 0.118. The lowest BCUT2D eigenvalue weighted by molar-refractivity contribution is -0.114. The van der Waals surface area contributed by atoms with Crippen LogP contribution in [0.15, 0.2) is 46.9 Å². The number of carbonyl (C=O) groups is 3. The molecule has 2 amide bonds. The van der Waals surface area contributed by atoms with Crippen LogP contribution < -0.4 is 10.6 Å². The van der Waals surface area contributed by atoms with Gasteiger partial charge in [-0.2, -0.15) is 0 Å². The van der Waals surface area contributed by atoms with Gasteiger partial charge in [0.15, 0.2) is 0 Å². The lowest BCUT2D eigenvalue weighted by Gasteiger charge is -2.10. The van der Waals surface area contributed by atoms with Crippen LogP contribution in [0.25, 0.3) is 0 Å². The molecule has 6 heteroatoms. The number of halogens is 1. The smallest absolute Gasteiger partial charge is 0.296 e. The number of nitrogens with one attached hydrogen (secondary N) is 2. The molecule has 2 aromatic rings. The van der Waals surface area contributed by atoms with Gasteiger partial charge in [-0.1, -0.05) is 28.1 Å². The molecule has 0 aliphatic heterocycles. The Kier molecular flexibility index (Phi) is 5.28. The number of carbonyl (C=O) groups excluding carboxylic acids is 3. The predicted octanol–water partition coefficient (Wildman–Crippen LogP) is 3.54. The van der Waals surface area contributed by atoms with Crippen LogP contribution in [0.2, 0.25) is 0 Å². The van der Waals surface area contributed by atoms with Crippen molar-refractivity contribution in [3.63, 3.8) is 0 Å². The molecule has 0 unspecified atom stereocenters. The van der Waals surface area contributed by atoms with Crippen LogP contribution in [0.1, 0.15) is 22.8 Å². The molecule has 2 N–H and O–H groups in total. The summed E-state index contributed by atoms with van der Waals surface area (Å²) in [5, 5.41) is 5.11. The van der Waals surface area contributed by atoms with Gasteiger partial charge in [-0.3, -0.25) is 14.4 Å². The van der Waals surface area contributed by atoms with Gasteiger partial charge in [-0.25, -0.2) is 0 Å². The van der Waals surface area contributed by atoms with Crippen molar-refractivity contribution in [3.05, 3.63) is 58.1 Å². The number of ketones is 1. The van der Waals surface area contributed by atoms with E-state index in [9.17, 15) is 14.4 Å². The van der Waals surface area contributed by atoms with Crippen molar-refractivity contribution in [3.8, 4) is 0 Å². The van der Waals surface area contributed by atoms with E-state index >= 15 is 0 Å². The van der Waals surface area contributed by atoms with E-state index in [0.717, 1.165) is 5.56 Å². The van der Waals surface area contributed by atoms with Crippen LogP contribution in [0.3, 0.4) is 0 Å². The van der Waals surface area contributed by atoms with Crippen molar-refractivity contribution < 1.29 is 14.4 Å². The van der Waals surface area contributed by atoms with Gasteiger partial charge < -0.3 is 10.6 Å². The Labute approximate surface area is 142 Å². The molecule has 0 radical (unpaired) electrons. The highest BCUT2D eigenvalue weighted by molar-refractivity contribution is 9.10. The zero-order valence-corrected chi connectivity index (χ0v) is 14.2. The number of rotatable bonds is 4. The van der Waals surface area contributed by atoms with Crippen LogP contribution in [0.4, 0.5) is 11.4 Å². The van der Waals surface area contributed by atoms with Gasteiger partial charge in [0.05, 0.1) is 11.3 Å². The largest absolute Gasteiger partial charge is 0.326 e. The minimum Gasteiger partial charge on any atom is -0.326 e. The molecule has 0 saturated heterocycles. The number of hydrogen-bond donors (Lipinski definition) is 2. The van der Waals surface area contributed by atoms with E-state index in [-0.39, 0.29) is 11.5 Å². The lowest BCUT2D eigenvalue weighted by Crippen LogP contribution is -2.24. The molecule has 23 heavy (non-hydrogen) atoms. The van der Waals surface area contributed by atoms with E-state index < -0.39 is 11.7 Å². The summed E-state index contributed by atoms with van der Waals surface area (Å²) >= 11 is 3.26. The van der Waals surface area contributed by atoms with Gasteiger partial charge in [-0.15, -0.1) is 0 Å². The van der Waals surface area contributed by atoms with Crippen LogP contribution >= 0.6 is 15.9 Å². The highest BCUT2D eigenvalue weighted by atomic mass is 79.9. The summed E-state index contributed by atoms with van der Waals surface area (Å²) < 4.78 is 0.637. The zero-order valence-electron chi connectivity index (χ0n) is 12.6. The van der Waals surface area contributed by atoms with E-state index in [0.29, 0.717) is 15.8 Å². The van der Waals surface area contributed by atoms with Crippen molar-refractivity contribution in [1.82, 2.24) is 0 Å². The maximum absolute atomic E-state index is 12.4. The monoisotopic (exact) mass is 374 g/mol. The summed E-state index contributed by atoms with van der Waals surface area (Å²) in [6.45, 7) is 3.23. The highest BCUT2D eigenvalue weighted by Crippen LogP contribution is 2.22. The van der Waals surface area contributed by atoms with E-state index in [1.54, 1.807) is 30.3 Å². The summed E-state index contributed by atoms with van der Waals surface area (Å²) in [5.74, 6) is -1.81. The SMILES string of the molecule is CC(=O)Nc1ccc(Br)cc1C(=O)C(=O)Nc1cccc(C)c1. The Morgan fingerprint density at radius 1 is 1.00 bits per heavy atom. The van der Waals surface area contributed by atoms with Gasteiger partial charge in [0.2, 0.25) is 5.91 Å². The number of amides is 2. The second kappa shape index (κ2) is 7.19. The van der Waals surface area contributed by atoms with Crippen LogP contribution in [-0.4, -0.2) is 17.6 Å². The fourth-order valence-electron chi connectivity index (χ4n) is 2.04. The zero-order chi connectivity index (χ0) is 17.0. The molecule has 0 fully saturated rings. The average molecular weight is 375 g/mol. The van der Waals surface area contributed by atoms with E-state index in [1.165, 1.54) is 13.0 Å². The minimum atomic E-state index is -0.764. The van der Waals surface area contributed by atoms with Crippen molar-refractivity contribution in [2.45, 2.75) is 13.8 Å². The number of benzene rings is 2. The summed E-state index contributed by atoms with van der Waals surface area (Å²) in [4.78, 5) is 35.8. The van der Waals surface area contributed by atoms with Crippen LogP contribution in [-0.2, 0) is 9.59 Å². The molecule has 0 heterocycles. The molecule has 2 rings (SSSR count). The molecule has 118 valence electrons. The summed E-state index contributed by atoms with van der Waals surface area (Å²) in [5.41, 5.74) is 1.93. The van der Waals surface area contributed by atoms with Gasteiger partial charge >= 0.3 is 0 Å². The van der Waals surface area contributed by atoms with Crippen molar-refractivity contribution in [2.24, 2.45) is 0 Å². The minimum absolute atomic E-state index is 0.125. The normalized spacial score (nSPS) is 10.0. The van der Waals surface area contributed by atoms with Crippen LogP contribution in [0, 0.1) is 6.92 Å². The maximum Gasteiger partial charge on any atom is 0.296 e. The fourth-order valence-corrected chi connectivity index (χ4v) is 2.40. The van der Waals surface area contributed by atoms with Crippen molar-refractivity contribution >= 4 is 44.9 Å². The third kappa shape index (κ3) is 4.50. The topological polar surface area (TPSA) is 75.3 Å². The third-order valence-corrected chi connectivity index (χ3v) is 3.51.